The van der Waals surface area contributed by atoms with E-state index in [0.29, 0.717) is 6.54 Å². The molecule has 72 valence electrons. The Morgan fingerprint density at radius 1 is 1.43 bits per heavy atom. The van der Waals surface area contributed by atoms with Crippen molar-refractivity contribution in [3.8, 4) is 5.69 Å². The molecule has 0 saturated heterocycles. The van der Waals surface area contributed by atoms with Gasteiger partial charge in [-0.15, -0.1) is 5.10 Å². The molecule has 0 aliphatic heterocycles. The molecule has 0 bridgehead atoms. The van der Waals surface area contributed by atoms with Gasteiger partial charge in [-0.05, 0) is 23.9 Å². The summed E-state index contributed by atoms with van der Waals surface area (Å²) in [5.41, 5.74) is 0.646. The molecule has 0 fully saturated rings. The molecule has 0 saturated carbocycles. The maximum Gasteiger partial charge on any atom is 0.466 e. The van der Waals surface area contributed by atoms with Crippen molar-refractivity contribution in [1.82, 2.24) is 15.0 Å². The Morgan fingerprint density at radius 3 is 2.71 bits per heavy atom. The largest absolute Gasteiger partial charge is 0.466 e. The Bertz CT molecular complexity index is 471. The smallest absolute Gasteiger partial charge is 0.214 e. The van der Waals surface area contributed by atoms with Crippen LogP contribution >= 0.6 is 0 Å². The van der Waals surface area contributed by atoms with E-state index >= 15 is 0 Å². The summed E-state index contributed by atoms with van der Waals surface area (Å²) in [4.78, 5) is 12.7. The molecule has 0 amide bonds. The van der Waals surface area contributed by atoms with E-state index in [-0.39, 0.29) is 5.69 Å². The Morgan fingerprint density at radius 2 is 2.14 bits per heavy atom. The normalized spacial score (nSPS) is 10.4. The van der Waals surface area contributed by atoms with E-state index in [0.717, 1.165) is 5.69 Å². The predicted molar refractivity (Wildman–Crippen MR) is 50.1 cm³/mol. The van der Waals surface area contributed by atoms with Gasteiger partial charge in [0.25, 0.3) is 0 Å². The molecule has 0 aliphatic rings. The first-order chi connectivity index (χ1) is 6.81. The summed E-state index contributed by atoms with van der Waals surface area (Å²) in [6, 6.07) is 9.46. The van der Waals surface area contributed by atoms with E-state index in [1.54, 1.807) is 0 Å². The standard InChI is InChI=1S/C9H10N4O/c1-2-12-9(14)10-13(11-12)8-6-4-3-5-7-8/h3-7H,2H2,1H3/p+1. The number of hydrogen-bond acceptors (Lipinski definition) is 2. The molecule has 1 aromatic carbocycles. The zero-order chi connectivity index (χ0) is 9.97. The number of tetrazole rings is 1. The lowest BCUT2D eigenvalue weighted by atomic mass is 10.3. The lowest BCUT2D eigenvalue weighted by molar-refractivity contribution is -0.719. The van der Waals surface area contributed by atoms with E-state index in [2.05, 4.69) is 10.3 Å². The van der Waals surface area contributed by atoms with Crippen molar-refractivity contribution in [3.63, 3.8) is 0 Å². The minimum absolute atomic E-state index is 0.198. The third-order valence-electron chi connectivity index (χ3n) is 1.93. The maximum atomic E-state index is 11.3. The number of nitrogens with one attached hydrogen (secondary N) is 1. The molecule has 1 N–H and O–H groups in total. The van der Waals surface area contributed by atoms with Gasteiger partial charge in [0.1, 0.15) is 11.8 Å². The summed E-state index contributed by atoms with van der Waals surface area (Å²) >= 11 is 0. The number of hydrogen-bond donors (Lipinski definition) is 1. The average molecular weight is 191 g/mol. The molecule has 2 rings (SSSR count). The lowest BCUT2D eigenvalue weighted by Gasteiger charge is -1.88. The van der Waals surface area contributed by atoms with Crippen LogP contribution in [0.1, 0.15) is 6.92 Å². The minimum atomic E-state index is -0.198. The molecule has 1 heterocycles. The summed E-state index contributed by atoms with van der Waals surface area (Å²) in [7, 11) is 0. The molecule has 0 spiro atoms. The third kappa shape index (κ3) is 1.44. The third-order valence-corrected chi connectivity index (χ3v) is 1.93. The van der Waals surface area contributed by atoms with Gasteiger partial charge in [0.2, 0.25) is 0 Å². The molecule has 14 heavy (non-hydrogen) atoms. The monoisotopic (exact) mass is 191 g/mol. The number of nitrogens with zero attached hydrogens (tertiary/aromatic N) is 3. The van der Waals surface area contributed by atoms with Gasteiger partial charge in [0.15, 0.2) is 5.69 Å². The molecular formula is C9H11N4O+. The number of benzene rings is 1. The van der Waals surface area contributed by atoms with Crippen LogP contribution in [-0.2, 0) is 6.54 Å². The Balaban J connectivity index is 2.48. The molecule has 5 heteroatoms. The molecule has 0 aliphatic carbocycles. The number of para-hydroxylation sites is 1. The van der Waals surface area contributed by atoms with Crippen LogP contribution in [0.25, 0.3) is 5.69 Å². The van der Waals surface area contributed by atoms with Crippen molar-refractivity contribution in [3.05, 3.63) is 40.8 Å². The number of aromatic amines is 1. The van der Waals surface area contributed by atoms with E-state index in [1.807, 2.05) is 37.3 Å². The first-order valence-electron chi connectivity index (χ1n) is 4.46. The summed E-state index contributed by atoms with van der Waals surface area (Å²) in [5.74, 6) is 0. The number of aryl methyl sites for hydroxylation is 1. The van der Waals surface area contributed by atoms with Gasteiger partial charge in [0.05, 0.1) is 0 Å². The van der Waals surface area contributed by atoms with Crippen molar-refractivity contribution in [2.75, 3.05) is 0 Å². The van der Waals surface area contributed by atoms with Crippen LogP contribution in [0, 0.1) is 0 Å². The Kier molecular flexibility index (Phi) is 2.14. The van der Waals surface area contributed by atoms with Gasteiger partial charge in [0, 0.05) is 0 Å². The highest BCUT2D eigenvalue weighted by atomic mass is 16.2. The molecule has 0 unspecified atom stereocenters. The van der Waals surface area contributed by atoms with Crippen molar-refractivity contribution in [2.45, 2.75) is 13.5 Å². The fourth-order valence-corrected chi connectivity index (χ4v) is 1.21. The van der Waals surface area contributed by atoms with Crippen LogP contribution in [0.2, 0.25) is 0 Å². The summed E-state index contributed by atoms with van der Waals surface area (Å²) in [6.45, 7) is 2.44. The van der Waals surface area contributed by atoms with Crippen LogP contribution in [0.4, 0.5) is 0 Å². The second kappa shape index (κ2) is 3.45. The van der Waals surface area contributed by atoms with E-state index in [9.17, 15) is 4.79 Å². The zero-order valence-corrected chi connectivity index (χ0v) is 7.84. The number of H-pyrrole nitrogens is 1. The number of rotatable bonds is 2. The van der Waals surface area contributed by atoms with Gasteiger partial charge >= 0.3 is 5.69 Å². The lowest BCUT2D eigenvalue weighted by Crippen LogP contribution is -2.37. The van der Waals surface area contributed by atoms with Crippen LogP contribution in [-0.4, -0.2) is 15.0 Å². The molecular weight excluding hydrogens is 180 g/mol. The first kappa shape index (κ1) is 8.68. The van der Waals surface area contributed by atoms with Crippen LogP contribution in [0.5, 0.6) is 0 Å². The van der Waals surface area contributed by atoms with Crippen molar-refractivity contribution < 1.29 is 4.80 Å². The summed E-state index contributed by atoms with van der Waals surface area (Å²) in [5, 5.41) is 6.69. The quantitative estimate of drug-likeness (QED) is 0.672. The van der Waals surface area contributed by atoms with Gasteiger partial charge in [-0.25, -0.2) is 4.79 Å². The molecule has 0 radical (unpaired) electrons. The Labute approximate surface area is 80.6 Å². The highest BCUT2D eigenvalue weighted by Gasteiger charge is 2.11. The second-order valence-corrected chi connectivity index (χ2v) is 2.87. The molecule has 2 aromatic rings. The highest BCUT2D eigenvalue weighted by Crippen LogP contribution is 1.93. The van der Waals surface area contributed by atoms with E-state index in [1.165, 1.54) is 9.48 Å². The first-order valence-corrected chi connectivity index (χ1v) is 4.46. The van der Waals surface area contributed by atoms with Crippen LogP contribution in [0.15, 0.2) is 35.1 Å². The van der Waals surface area contributed by atoms with E-state index in [4.69, 9.17) is 0 Å². The molecule has 0 atom stereocenters. The van der Waals surface area contributed by atoms with Crippen molar-refractivity contribution in [1.29, 1.82) is 0 Å². The fraction of sp³-hybridized carbons (Fsp3) is 0.222. The molecule has 5 nitrogen and oxygen atoms in total. The fourth-order valence-electron chi connectivity index (χ4n) is 1.21. The van der Waals surface area contributed by atoms with Gasteiger partial charge < -0.3 is 0 Å². The highest BCUT2D eigenvalue weighted by molar-refractivity contribution is 5.19. The Hall–Kier alpha value is -1.91. The van der Waals surface area contributed by atoms with Crippen LogP contribution in [0.3, 0.4) is 0 Å². The zero-order valence-electron chi connectivity index (χ0n) is 7.84. The van der Waals surface area contributed by atoms with Crippen molar-refractivity contribution >= 4 is 0 Å². The average Bonchev–Trinajstić information content (AvgIpc) is 2.61. The van der Waals surface area contributed by atoms with Gasteiger partial charge in [-0.2, -0.15) is 0 Å². The molecule has 1 aromatic heterocycles. The number of aromatic nitrogens is 4. The van der Waals surface area contributed by atoms with Crippen LogP contribution < -0.4 is 10.5 Å². The predicted octanol–water partition coefficient (Wildman–Crippen LogP) is -0.132. The van der Waals surface area contributed by atoms with E-state index < -0.39 is 0 Å². The second-order valence-electron chi connectivity index (χ2n) is 2.87. The topological polar surface area (TPSA) is 54.6 Å². The SMILES string of the molecule is CCn1n[n+](-c2ccccc2)[nH]c1=O. The maximum absolute atomic E-state index is 11.3. The van der Waals surface area contributed by atoms with Gasteiger partial charge in [-0.3, -0.25) is 0 Å². The van der Waals surface area contributed by atoms with Gasteiger partial charge in [-0.1, -0.05) is 22.9 Å². The summed E-state index contributed by atoms with van der Waals surface area (Å²) < 4.78 is 1.37. The minimum Gasteiger partial charge on any atom is -0.214 e. The summed E-state index contributed by atoms with van der Waals surface area (Å²) in [6.07, 6.45) is 0. The van der Waals surface area contributed by atoms with Crippen molar-refractivity contribution in [2.24, 2.45) is 0 Å².